The Kier molecular flexibility index (Phi) is 4.35. The number of benzene rings is 1. The second-order valence-corrected chi connectivity index (χ2v) is 4.77. The summed E-state index contributed by atoms with van der Waals surface area (Å²) in [7, 11) is 0. The average molecular weight is 271 g/mol. The smallest absolute Gasteiger partial charge is 0.224 e. The molecule has 0 radical (unpaired) electrons. The van der Waals surface area contributed by atoms with Crippen molar-refractivity contribution in [2.24, 2.45) is 0 Å². The van der Waals surface area contributed by atoms with Gasteiger partial charge in [0.05, 0.1) is 6.26 Å². The number of anilines is 1. The molecule has 4 heteroatoms. The summed E-state index contributed by atoms with van der Waals surface area (Å²) in [5.74, 6) is -0.0331. The van der Waals surface area contributed by atoms with Gasteiger partial charge in [0.1, 0.15) is 0 Å². The molecule has 0 spiro atoms. The number of ketones is 1. The van der Waals surface area contributed by atoms with Crippen molar-refractivity contribution in [3.8, 4) is 0 Å². The van der Waals surface area contributed by atoms with E-state index in [2.05, 4.69) is 5.32 Å². The number of furan rings is 1. The highest BCUT2D eigenvalue weighted by Gasteiger charge is 2.12. The summed E-state index contributed by atoms with van der Waals surface area (Å²) < 4.78 is 5.00. The summed E-state index contributed by atoms with van der Waals surface area (Å²) in [6.07, 6.45) is 1.74. The lowest BCUT2D eigenvalue weighted by Crippen LogP contribution is -2.14. The van der Waals surface area contributed by atoms with Crippen LogP contribution in [0.5, 0.6) is 0 Å². The first-order valence-corrected chi connectivity index (χ1v) is 6.50. The maximum atomic E-state index is 11.9. The van der Waals surface area contributed by atoms with Crippen LogP contribution in [-0.2, 0) is 4.79 Å². The third kappa shape index (κ3) is 3.57. The van der Waals surface area contributed by atoms with Crippen molar-refractivity contribution >= 4 is 17.4 Å². The molecule has 0 unspecified atom stereocenters. The number of rotatable bonds is 5. The number of aryl methyl sites for hydroxylation is 2. The second-order valence-electron chi connectivity index (χ2n) is 4.77. The van der Waals surface area contributed by atoms with Crippen LogP contribution in [0, 0.1) is 13.8 Å². The Balaban J connectivity index is 1.90. The van der Waals surface area contributed by atoms with Gasteiger partial charge in [0, 0.05) is 18.5 Å². The van der Waals surface area contributed by atoms with Gasteiger partial charge in [-0.25, -0.2) is 0 Å². The Morgan fingerprint density at radius 1 is 1.15 bits per heavy atom. The number of nitrogens with one attached hydrogen (secondary N) is 1. The fourth-order valence-corrected chi connectivity index (χ4v) is 1.87. The van der Waals surface area contributed by atoms with Crippen molar-refractivity contribution in [2.75, 3.05) is 5.32 Å². The lowest BCUT2D eigenvalue weighted by molar-refractivity contribution is -0.116. The summed E-state index contributed by atoms with van der Waals surface area (Å²) in [5, 5.41) is 2.83. The zero-order valence-corrected chi connectivity index (χ0v) is 11.6. The Labute approximate surface area is 117 Å². The van der Waals surface area contributed by atoms with Gasteiger partial charge in [-0.1, -0.05) is 12.1 Å². The third-order valence-electron chi connectivity index (χ3n) is 3.04. The van der Waals surface area contributed by atoms with Crippen LogP contribution in [0.15, 0.2) is 41.0 Å². The molecule has 1 amide bonds. The van der Waals surface area contributed by atoms with Crippen LogP contribution in [0.1, 0.15) is 34.5 Å². The molecule has 1 aromatic carbocycles. The van der Waals surface area contributed by atoms with Gasteiger partial charge in [0.25, 0.3) is 0 Å². The van der Waals surface area contributed by atoms with E-state index in [1.54, 1.807) is 12.1 Å². The molecule has 20 heavy (non-hydrogen) atoms. The predicted octanol–water partition coefficient (Wildman–Crippen LogP) is 3.50. The van der Waals surface area contributed by atoms with Crippen molar-refractivity contribution in [1.29, 1.82) is 0 Å². The summed E-state index contributed by atoms with van der Waals surface area (Å²) in [6, 6.07) is 9.13. The van der Waals surface area contributed by atoms with E-state index in [0.29, 0.717) is 5.76 Å². The zero-order chi connectivity index (χ0) is 14.5. The molecular weight excluding hydrogens is 254 g/mol. The SMILES string of the molecule is Cc1ccc(C)c(NC(=O)CCC(=O)c2ccco2)c1. The van der Waals surface area contributed by atoms with Gasteiger partial charge in [0.15, 0.2) is 11.5 Å². The Morgan fingerprint density at radius 2 is 1.95 bits per heavy atom. The van der Waals surface area contributed by atoms with Crippen LogP contribution < -0.4 is 5.32 Å². The van der Waals surface area contributed by atoms with E-state index in [1.807, 2.05) is 32.0 Å². The van der Waals surface area contributed by atoms with Gasteiger partial charge in [0.2, 0.25) is 5.91 Å². The van der Waals surface area contributed by atoms with Crippen molar-refractivity contribution in [3.63, 3.8) is 0 Å². The van der Waals surface area contributed by atoms with Crippen molar-refractivity contribution in [1.82, 2.24) is 0 Å². The highest BCUT2D eigenvalue weighted by Crippen LogP contribution is 2.17. The van der Waals surface area contributed by atoms with Crippen LogP contribution in [0.4, 0.5) is 5.69 Å². The Morgan fingerprint density at radius 3 is 2.65 bits per heavy atom. The van der Waals surface area contributed by atoms with Crippen molar-refractivity contribution in [3.05, 3.63) is 53.5 Å². The van der Waals surface area contributed by atoms with Gasteiger partial charge < -0.3 is 9.73 Å². The van der Waals surface area contributed by atoms with Crippen LogP contribution in [0.25, 0.3) is 0 Å². The molecule has 2 rings (SSSR count). The highest BCUT2D eigenvalue weighted by molar-refractivity contribution is 5.98. The zero-order valence-electron chi connectivity index (χ0n) is 11.6. The van der Waals surface area contributed by atoms with E-state index in [9.17, 15) is 9.59 Å². The number of carbonyl (C=O) groups excluding carboxylic acids is 2. The largest absolute Gasteiger partial charge is 0.461 e. The van der Waals surface area contributed by atoms with Gasteiger partial charge in [-0.05, 0) is 43.2 Å². The maximum absolute atomic E-state index is 11.9. The van der Waals surface area contributed by atoms with E-state index in [-0.39, 0.29) is 24.5 Å². The van der Waals surface area contributed by atoms with E-state index in [4.69, 9.17) is 4.42 Å². The lowest BCUT2D eigenvalue weighted by Gasteiger charge is -2.08. The monoisotopic (exact) mass is 271 g/mol. The number of hydrogen-bond acceptors (Lipinski definition) is 3. The molecule has 1 heterocycles. The highest BCUT2D eigenvalue weighted by atomic mass is 16.3. The molecule has 0 saturated carbocycles. The van der Waals surface area contributed by atoms with Crippen LogP contribution in [-0.4, -0.2) is 11.7 Å². The van der Waals surface area contributed by atoms with E-state index in [0.717, 1.165) is 16.8 Å². The molecular formula is C16H17NO3. The van der Waals surface area contributed by atoms with E-state index >= 15 is 0 Å². The van der Waals surface area contributed by atoms with Gasteiger partial charge in [-0.2, -0.15) is 0 Å². The maximum Gasteiger partial charge on any atom is 0.224 e. The quantitative estimate of drug-likeness (QED) is 0.847. The van der Waals surface area contributed by atoms with E-state index < -0.39 is 0 Å². The molecule has 4 nitrogen and oxygen atoms in total. The molecule has 0 aliphatic heterocycles. The predicted molar refractivity (Wildman–Crippen MR) is 76.8 cm³/mol. The first kappa shape index (κ1) is 14.1. The lowest BCUT2D eigenvalue weighted by atomic mass is 10.1. The molecule has 1 aromatic heterocycles. The third-order valence-corrected chi connectivity index (χ3v) is 3.04. The molecule has 0 saturated heterocycles. The summed E-state index contributed by atoms with van der Waals surface area (Å²) in [6.45, 7) is 3.90. The molecule has 0 aliphatic carbocycles. The fourth-order valence-electron chi connectivity index (χ4n) is 1.87. The first-order chi connectivity index (χ1) is 9.56. The van der Waals surface area contributed by atoms with Crippen molar-refractivity contribution in [2.45, 2.75) is 26.7 Å². The van der Waals surface area contributed by atoms with Crippen LogP contribution in [0.3, 0.4) is 0 Å². The van der Waals surface area contributed by atoms with Crippen molar-refractivity contribution < 1.29 is 14.0 Å². The molecule has 0 aliphatic rings. The molecule has 0 fully saturated rings. The number of hydrogen-bond donors (Lipinski definition) is 1. The molecule has 2 aromatic rings. The van der Waals surface area contributed by atoms with Gasteiger partial charge in [-0.3, -0.25) is 9.59 Å². The fraction of sp³-hybridized carbons (Fsp3) is 0.250. The summed E-state index contributed by atoms with van der Waals surface area (Å²) in [4.78, 5) is 23.6. The number of amides is 1. The van der Waals surface area contributed by atoms with Crippen LogP contribution in [0.2, 0.25) is 0 Å². The second kappa shape index (κ2) is 6.19. The van der Waals surface area contributed by atoms with Gasteiger partial charge >= 0.3 is 0 Å². The van der Waals surface area contributed by atoms with E-state index in [1.165, 1.54) is 6.26 Å². The van der Waals surface area contributed by atoms with Gasteiger partial charge in [-0.15, -0.1) is 0 Å². The Bertz CT molecular complexity index is 615. The molecule has 1 N–H and O–H groups in total. The normalized spacial score (nSPS) is 10.3. The molecule has 104 valence electrons. The minimum absolute atomic E-state index is 0.143. The number of carbonyl (C=O) groups is 2. The average Bonchev–Trinajstić information content (AvgIpc) is 2.94. The topological polar surface area (TPSA) is 59.3 Å². The summed E-state index contributed by atoms with van der Waals surface area (Å²) >= 11 is 0. The minimum Gasteiger partial charge on any atom is -0.461 e. The van der Waals surface area contributed by atoms with Crippen LogP contribution >= 0.6 is 0 Å². The molecule has 0 bridgehead atoms. The first-order valence-electron chi connectivity index (χ1n) is 6.50. The summed E-state index contributed by atoms with van der Waals surface area (Å²) in [5.41, 5.74) is 2.87. The number of Topliss-reactive ketones (excluding diaryl/α,β-unsaturated/α-hetero) is 1. The Hall–Kier alpha value is -2.36. The standard InChI is InChI=1S/C16H17NO3/c1-11-5-6-12(2)13(10-11)17-16(19)8-7-14(18)15-4-3-9-20-15/h3-6,9-10H,7-8H2,1-2H3,(H,17,19). The minimum atomic E-state index is -0.168. The molecule has 0 atom stereocenters.